The van der Waals surface area contributed by atoms with Crippen molar-refractivity contribution in [2.45, 2.75) is 152 Å². The molecule has 9 fully saturated rings. The zero-order valence-corrected chi connectivity index (χ0v) is 28.0. The molecule has 0 aromatic carbocycles. The molecule has 4 aliphatic carbocycles. The highest BCUT2D eigenvalue weighted by atomic mass is 35.7. The van der Waals surface area contributed by atoms with E-state index in [-0.39, 0.29) is 66.2 Å². The van der Waals surface area contributed by atoms with Gasteiger partial charge in [0.05, 0.1) is 55.4 Å². The monoisotopic (exact) mass is 696 g/mol. The second-order valence-electron chi connectivity index (χ2n) is 16.2. The summed E-state index contributed by atoms with van der Waals surface area (Å²) in [6.45, 7) is 0. The second kappa shape index (κ2) is 13.5. The molecule has 260 valence electrons. The fourth-order valence-electron chi connectivity index (χ4n) is 12.3. The van der Waals surface area contributed by atoms with Crippen molar-refractivity contribution in [3.05, 3.63) is 0 Å². The van der Waals surface area contributed by atoms with Crippen LogP contribution in [-0.2, 0) is 13.5 Å². The molecule has 4 saturated carbocycles. The van der Waals surface area contributed by atoms with E-state index in [1.807, 2.05) is 0 Å². The zero-order valence-electron chi connectivity index (χ0n) is 26.4. The van der Waals surface area contributed by atoms with Crippen LogP contribution in [-0.4, -0.2) is 81.2 Å². The number of rotatable bonds is 2. The van der Waals surface area contributed by atoms with Gasteiger partial charge in [-0.15, -0.1) is 0 Å². The maximum absolute atomic E-state index is 12.2. The first-order valence-corrected chi connectivity index (χ1v) is 20.8. The van der Waals surface area contributed by atoms with Gasteiger partial charge in [0, 0.05) is 16.6 Å². The van der Waals surface area contributed by atoms with E-state index in [9.17, 15) is 8.42 Å². The Hall–Kier alpha value is 0.412. The lowest BCUT2D eigenvalue weighted by Gasteiger charge is -2.38. The van der Waals surface area contributed by atoms with Crippen LogP contribution in [0.15, 0.2) is 0 Å². The van der Waals surface area contributed by atoms with E-state index >= 15 is 0 Å². The standard InChI is InChI=1S/C32H55ClN8O3S.Al.3H/c33-45(42,43)44-23-15-7-14-22-24(23)32-40-30-21-13-6-5-12-20(21)28(38-30)36-26-17-9-2-1-8-16(17)25(34-26)35-27-18-10-3-4-11-19(18)29(37-27)39-31(22)41-32;;;;/h16-32,34-41H,1-15H2;;;;. The number of hydrogen-bond acceptors (Lipinski definition) is 11. The molecule has 0 radical (unpaired) electrons. The van der Waals surface area contributed by atoms with Gasteiger partial charge in [-0.05, 0) is 92.8 Å². The van der Waals surface area contributed by atoms with Gasteiger partial charge in [-0.3, -0.25) is 46.7 Å². The lowest BCUT2D eigenvalue weighted by molar-refractivity contribution is 0.0493. The van der Waals surface area contributed by atoms with Gasteiger partial charge in [0.2, 0.25) is 0 Å². The third kappa shape index (κ3) is 6.18. The third-order valence-electron chi connectivity index (χ3n) is 14.1. The fourth-order valence-corrected chi connectivity index (χ4v) is 13.1. The maximum atomic E-state index is 12.2. The first-order valence-electron chi connectivity index (χ1n) is 18.6. The summed E-state index contributed by atoms with van der Waals surface area (Å²) in [7, 11) is 1.66. The Bertz CT molecular complexity index is 1210. The lowest BCUT2D eigenvalue weighted by atomic mass is 9.75. The summed E-state index contributed by atoms with van der Waals surface area (Å²) in [6, 6.07) is 0. The first kappa shape index (κ1) is 33.6. The van der Waals surface area contributed by atoms with Crippen molar-refractivity contribution in [1.29, 1.82) is 0 Å². The number of fused-ring (bicyclic) bond motifs is 20. The molecule has 17 unspecified atom stereocenters. The smallest absolute Gasteiger partial charge is 0.286 e. The first-order chi connectivity index (χ1) is 21.9. The predicted molar refractivity (Wildman–Crippen MR) is 182 cm³/mol. The van der Waals surface area contributed by atoms with E-state index in [1.54, 1.807) is 0 Å². The van der Waals surface area contributed by atoms with Gasteiger partial charge in [0.15, 0.2) is 17.4 Å². The molecule has 9 aliphatic rings. The highest BCUT2D eigenvalue weighted by Crippen LogP contribution is 2.46. The Morgan fingerprint density at radius 1 is 0.413 bits per heavy atom. The highest BCUT2D eigenvalue weighted by molar-refractivity contribution is 8.10. The molecule has 46 heavy (non-hydrogen) atoms. The molecule has 0 spiro atoms. The molecule has 5 heterocycles. The van der Waals surface area contributed by atoms with Crippen molar-refractivity contribution in [3.8, 4) is 0 Å². The predicted octanol–water partition coefficient (Wildman–Crippen LogP) is 0.900. The molecule has 0 aromatic heterocycles. The Balaban J connectivity index is 0.00000312. The van der Waals surface area contributed by atoms with E-state index in [2.05, 4.69) is 42.5 Å². The van der Waals surface area contributed by atoms with Crippen LogP contribution in [0.2, 0.25) is 0 Å². The molecule has 0 aromatic rings. The van der Waals surface area contributed by atoms with Gasteiger partial charge in [-0.1, -0.05) is 44.9 Å². The molecule has 17 atom stereocenters. The van der Waals surface area contributed by atoms with Crippen LogP contribution >= 0.6 is 10.7 Å². The normalized spacial score (nSPS) is 53.4. The summed E-state index contributed by atoms with van der Waals surface area (Å²) in [6.07, 6.45) is 19.2. The number of hydrogen-bond donors (Lipinski definition) is 8. The average molecular weight is 697 g/mol. The topological polar surface area (TPSA) is 140 Å². The van der Waals surface area contributed by atoms with E-state index < -0.39 is 15.4 Å². The Kier molecular flexibility index (Phi) is 9.86. The second-order valence-corrected chi connectivity index (χ2v) is 18.3. The largest absolute Gasteiger partial charge is 0.355 e. The van der Waals surface area contributed by atoms with Crippen molar-refractivity contribution in [2.24, 2.45) is 47.3 Å². The summed E-state index contributed by atoms with van der Waals surface area (Å²) < 4.78 is 30.1. The Labute approximate surface area is 290 Å². The van der Waals surface area contributed by atoms with Crippen LogP contribution in [0.1, 0.15) is 96.3 Å². The van der Waals surface area contributed by atoms with Crippen molar-refractivity contribution < 1.29 is 12.6 Å². The minimum absolute atomic E-state index is 0. The Morgan fingerprint density at radius 2 is 0.696 bits per heavy atom. The third-order valence-corrected chi connectivity index (χ3v) is 14.8. The van der Waals surface area contributed by atoms with Crippen LogP contribution in [0.4, 0.5) is 0 Å². The quantitative estimate of drug-likeness (QED) is 0.154. The van der Waals surface area contributed by atoms with Crippen molar-refractivity contribution in [3.63, 3.8) is 0 Å². The molecule has 8 N–H and O–H groups in total. The molecular formula is C32H58AlClN8O3S. The van der Waals surface area contributed by atoms with Crippen LogP contribution in [0.3, 0.4) is 0 Å². The van der Waals surface area contributed by atoms with Gasteiger partial charge in [0.1, 0.15) is 0 Å². The van der Waals surface area contributed by atoms with E-state index in [0.29, 0.717) is 54.3 Å². The minimum Gasteiger partial charge on any atom is -0.286 e. The molecule has 11 nitrogen and oxygen atoms in total. The molecule has 5 saturated heterocycles. The Morgan fingerprint density at radius 3 is 1.02 bits per heavy atom. The van der Waals surface area contributed by atoms with Crippen LogP contribution in [0, 0.1) is 47.3 Å². The zero-order chi connectivity index (χ0) is 30.3. The summed E-state index contributed by atoms with van der Waals surface area (Å²) in [4.78, 5) is 0. The highest BCUT2D eigenvalue weighted by Gasteiger charge is 2.56. The van der Waals surface area contributed by atoms with Crippen molar-refractivity contribution in [1.82, 2.24) is 42.5 Å². The summed E-state index contributed by atoms with van der Waals surface area (Å²) in [5.74, 6) is 3.88. The van der Waals surface area contributed by atoms with Crippen LogP contribution in [0.25, 0.3) is 0 Å². The molecule has 8 bridgehead atoms. The summed E-state index contributed by atoms with van der Waals surface area (Å²) >= 11 is 0. The molecule has 0 amide bonds. The molecular weight excluding hydrogens is 639 g/mol. The SMILES string of the molecule is O=S(=O)(Cl)OC1CCCC2C3NC4NC(NC5NC(NC6NC(NC(N3)C12)C1CCCCC61)C1CCCCC51)C1CCCCC41.[AlH3]. The van der Waals surface area contributed by atoms with E-state index in [1.165, 1.54) is 77.0 Å². The van der Waals surface area contributed by atoms with Gasteiger partial charge in [0.25, 0.3) is 0 Å². The number of halogens is 1. The van der Waals surface area contributed by atoms with Crippen LogP contribution in [0.5, 0.6) is 0 Å². The number of nitrogens with one attached hydrogen (secondary N) is 8. The summed E-state index contributed by atoms with van der Waals surface area (Å²) in [5.41, 5.74) is 0. The molecule has 9 rings (SSSR count). The van der Waals surface area contributed by atoms with E-state index in [4.69, 9.17) is 14.9 Å². The van der Waals surface area contributed by atoms with Gasteiger partial charge in [-0.25, -0.2) is 0 Å². The fraction of sp³-hybridized carbons (Fsp3) is 1.00. The van der Waals surface area contributed by atoms with E-state index in [0.717, 1.165) is 12.8 Å². The van der Waals surface area contributed by atoms with Gasteiger partial charge in [-0.2, -0.15) is 8.42 Å². The summed E-state index contributed by atoms with van der Waals surface area (Å²) in [5, 5.41) is 32.8. The lowest BCUT2D eigenvalue weighted by Crippen LogP contribution is -2.62. The maximum Gasteiger partial charge on any atom is 0.355 e. The van der Waals surface area contributed by atoms with Gasteiger partial charge < -0.3 is 0 Å². The minimum atomic E-state index is -4.08. The average Bonchev–Trinajstić information content (AvgIpc) is 3.76. The van der Waals surface area contributed by atoms with Crippen LogP contribution < -0.4 is 42.5 Å². The van der Waals surface area contributed by atoms with Gasteiger partial charge >= 0.3 is 9.33 Å². The molecule has 14 heteroatoms. The van der Waals surface area contributed by atoms with Crippen molar-refractivity contribution in [2.75, 3.05) is 0 Å². The molecule has 5 aliphatic heterocycles. The van der Waals surface area contributed by atoms with Crippen molar-refractivity contribution >= 4 is 37.4 Å².